The Hall–Kier alpha value is -2.76. The summed E-state index contributed by atoms with van der Waals surface area (Å²) in [6.07, 6.45) is 7.94. The lowest BCUT2D eigenvalue weighted by atomic mass is 10.3. The van der Waals surface area contributed by atoms with Crippen molar-refractivity contribution in [2.45, 2.75) is 12.8 Å². The highest BCUT2D eigenvalue weighted by molar-refractivity contribution is 14.1. The molecule has 0 radical (unpaired) electrons. The van der Waals surface area contributed by atoms with Gasteiger partial charge in [-0.15, -0.1) is 0 Å². The van der Waals surface area contributed by atoms with Gasteiger partial charge in [-0.05, 0) is 82.3 Å². The Bertz CT molecular complexity index is 998. The number of unbranched alkanes of at least 4 members (excludes halogenated alkanes) is 1. The van der Waals surface area contributed by atoms with E-state index in [1.807, 2.05) is 0 Å². The summed E-state index contributed by atoms with van der Waals surface area (Å²) >= 11 is 2.41. The van der Waals surface area contributed by atoms with Crippen LogP contribution in [0.4, 0.5) is 38.5 Å². The molecule has 0 aliphatic rings. The number of benzene rings is 1. The maximum atomic E-state index is 12.6. The van der Waals surface area contributed by atoms with Crippen molar-refractivity contribution < 1.29 is 27.2 Å². The lowest BCUT2D eigenvalue weighted by Crippen LogP contribution is -2.31. The van der Waals surface area contributed by atoms with Crippen molar-refractivity contribution in [2.24, 2.45) is 0 Å². The molecule has 0 aliphatic carbocycles. The van der Waals surface area contributed by atoms with Crippen LogP contribution in [0.15, 0.2) is 49.1 Å². The summed E-state index contributed by atoms with van der Waals surface area (Å²) in [5.74, 6) is -5.39. The third kappa shape index (κ3) is 9.71. The number of hydrogen-bond donors (Lipinski definition) is 4. The summed E-state index contributed by atoms with van der Waals surface area (Å²) in [5.41, 5.74) is 1.28. The van der Waals surface area contributed by atoms with Crippen molar-refractivity contribution in [3.63, 3.8) is 0 Å². The highest BCUT2D eigenvalue weighted by atomic mass is 127. The molecule has 2 aromatic heterocycles. The van der Waals surface area contributed by atoms with Gasteiger partial charge in [0, 0.05) is 25.5 Å². The molecule has 14 heteroatoms. The number of pyridine rings is 2. The normalized spacial score (nSPS) is 10.1. The molecule has 3 rings (SSSR count). The first kappa shape index (κ1) is 29.5. The molecule has 0 bridgehead atoms. The number of carbonyl (C=O) groups is 2. The van der Waals surface area contributed by atoms with Gasteiger partial charge in [-0.25, -0.2) is 27.2 Å². The van der Waals surface area contributed by atoms with Gasteiger partial charge in [-0.1, -0.05) is 0 Å². The van der Waals surface area contributed by atoms with E-state index in [1.54, 1.807) is 49.1 Å². The number of nitrogens with zero attached hydrogens (tertiary/aromatic N) is 2. The van der Waals surface area contributed by atoms with Crippen LogP contribution < -0.4 is 21.3 Å². The van der Waals surface area contributed by atoms with E-state index in [1.165, 1.54) is 45.2 Å². The molecule has 0 saturated heterocycles. The lowest BCUT2D eigenvalue weighted by molar-refractivity contribution is 0.250. The summed E-state index contributed by atoms with van der Waals surface area (Å²) in [4.78, 5) is 31.1. The van der Waals surface area contributed by atoms with Gasteiger partial charge < -0.3 is 21.3 Å². The molecule has 8 nitrogen and oxygen atoms in total. The number of rotatable bonds is 7. The highest BCUT2D eigenvalue weighted by Gasteiger charge is 2.21. The molecule has 0 spiro atoms. The lowest BCUT2D eigenvalue weighted by Gasteiger charge is -2.08. The maximum Gasteiger partial charge on any atom is 0.319 e. The number of hydrogen-bond acceptors (Lipinski definition) is 4. The first-order valence-corrected chi connectivity index (χ1v) is 12.4. The Morgan fingerprint density at radius 1 is 0.694 bits per heavy atom. The number of aromatic nitrogens is 2. The minimum Gasteiger partial charge on any atom is -0.338 e. The van der Waals surface area contributed by atoms with Crippen LogP contribution >= 0.6 is 45.2 Å². The molecule has 0 unspecified atom stereocenters. The fraction of sp³-hybridized carbons (Fsp3) is 0.182. The molecule has 2 heterocycles. The standard InChI is InChI=1S/C16H20N6O2.C6F4I2/c23-15(21-13-5-3-7-17-11-13)19-9-1-2-10-20-16(24)22-14-6-4-8-18-12-14;7-1-2(8)6(12)4(10)3(9)5(1)11/h3-8,11-12H,1-2,9-10H2,(H2,19,21,23)(H2,20,22,24);. The van der Waals surface area contributed by atoms with Gasteiger partial charge in [0.1, 0.15) is 0 Å². The van der Waals surface area contributed by atoms with Crippen molar-refractivity contribution >= 4 is 68.6 Å². The molecule has 36 heavy (non-hydrogen) atoms. The van der Waals surface area contributed by atoms with Gasteiger partial charge in [-0.2, -0.15) is 0 Å². The first-order valence-electron chi connectivity index (χ1n) is 10.3. The van der Waals surface area contributed by atoms with E-state index in [9.17, 15) is 27.2 Å². The average Bonchev–Trinajstić information content (AvgIpc) is 2.88. The monoisotopic (exact) mass is 730 g/mol. The van der Waals surface area contributed by atoms with Crippen LogP contribution in [0.1, 0.15) is 12.8 Å². The summed E-state index contributed by atoms with van der Waals surface area (Å²) < 4.78 is 49.2. The first-order chi connectivity index (χ1) is 17.2. The van der Waals surface area contributed by atoms with E-state index in [0.29, 0.717) is 24.5 Å². The third-order valence-corrected chi connectivity index (χ3v) is 6.06. The van der Waals surface area contributed by atoms with Gasteiger partial charge >= 0.3 is 12.1 Å². The van der Waals surface area contributed by atoms with Crippen LogP contribution in [0.3, 0.4) is 0 Å². The zero-order chi connectivity index (χ0) is 26.5. The molecule has 4 amide bonds. The number of halogens is 6. The summed E-state index contributed by atoms with van der Waals surface area (Å²) in [6, 6.07) is 6.47. The van der Waals surface area contributed by atoms with E-state index >= 15 is 0 Å². The number of amides is 4. The van der Waals surface area contributed by atoms with Gasteiger partial charge in [0.2, 0.25) is 0 Å². The number of urea groups is 2. The largest absolute Gasteiger partial charge is 0.338 e. The Kier molecular flexibility index (Phi) is 12.6. The van der Waals surface area contributed by atoms with E-state index in [4.69, 9.17) is 0 Å². The predicted molar refractivity (Wildman–Crippen MR) is 143 cm³/mol. The van der Waals surface area contributed by atoms with Crippen molar-refractivity contribution in [3.05, 3.63) is 79.5 Å². The molecule has 4 N–H and O–H groups in total. The Morgan fingerprint density at radius 2 is 1.06 bits per heavy atom. The fourth-order valence-electron chi connectivity index (χ4n) is 2.46. The molecule has 0 saturated carbocycles. The second kappa shape index (κ2) is 15.4. The Balaban J connectivity index is 0.000000319. The second-order valence-electron chi connectivity index (χ2n) is 6.84. The minimum absolute atomic E-state index is 0.273. The maximum absolute atomic E-state index is 12.6. The van der Waals surface area contributed by atoms with Crippen molar-refractivity contribution in [2.75, 3.05) is 23.7 Å². The van der Waals surface area contributed by atoms with Crippen molar-refractivity contribution in [1.29, 1.82) is 0 Å². The van der Waals surface area contributed by atoms with Gasteiger partial charge in [0.15, 0.2) is 23.3 Å². The molecule has 192 valence electrons. The van der Waals surface area contributed by atoms with Crippen LogP contribution in [-0.2, 0) is 0 Å². The molecule has 0 atom stereocenters. The number of anilines is 2. The zero-order valence-corrected chi connectivity index (χ0v) is 22.7. The zero-order valence-electron chi connectivity index (χ0n) is 18.4. The molecular formula is C22H20F4I2N6O2. The summed E-state index contributed by atoms with van der Waals surface area (Å²) in [6.45, 7) is 1.05. The van der Waals surface area contributed by atoms with Crippen molar-refractivity contribution in [3.8, 4) is 0 Å². The number of nitrogens with one attached hydrogen (secondary N) is 4. The van der Waals surface area contributed by atoms with Crippen LogP contribution in [0.2, 0.25) is 0 Å². The van der Waals surface area contributed by atoms with Crippen LogP contribution in [0, 0.1) is 30.4 Å². The Labute approximate surface area is 231 Å². The van der Waals surface area contributed by atoms with E-state index in [0.717, 1.165) is 12.8 Å². The Morgan fingerprint density at radius 3 is 1.36 bits per heavy atom. The highest BCUT2D eigenvalue weighted by Crippen LogP contribution is 2.26. The van der Waals surface area contributed by atoms with E-state index < -0.39 is 30.4 Å². The fourth-order valence-corrected chi connectivity index (χ4v) is 3.40. The SMILES string of the molecule is Fc1c(F)c(I)c(F)c(F)c1I.O=C(NCCCCNC(=O)Nc1cccnc1)Nc1cccnc1. The summed E-state index contributed by atoms with van der Waals surface area (Å²) in [7, 11) is 0. The van der Waals surface area contributed by atoms with Gasteiger partial charge in [0.05, 0.1) is 30.9 Å². The van der Waals surface area contributed by atoms with Gasteiger partial charge in [0.25, 0.3) is 0 Å². The van der Waals surface area contributed by atoms with E-state index in [2.05, 4.69) is 31.2 Å². The molecule has 3 aromatic rings. The molecule has 0 fully saturated rings. The predicted octanol–water partition coefficient (Wildman–Crippen LogP) is 5.65. The number of carbonyl (C=O) groups excluding carboxylic acids is 2. The molecule has 1 aromatic carbocycles. The van der Waals surface area contributed by atoms with Crippen molar-refractivity contribution in [1.82, 2.24) is 20.6 Å². The minimum atomic E-state index is -1.35. The third-order valence-electron chi connectivity index (χ3n) is 4.17. The average molecular weight is 730 g/mol. The topological polar surface area (TPSA) is 108 Å². The van der Waals surface area contributed by atoms with Gasteiger partial charge in [-0.3, -0.25) is 9.97 Å². The quantitative estimate of drug-likeness (QED) is 0.0829. The van der Waals surface area contributed by atoms with Crippen LogP contribution in [0.5, 0.6) is 0 Å². The van der Waals surface area contributed by atoms with Crippen LogP contribution in [-0.4, -0.2) is 35.1 Å². The van der Waals surface area contributed by atoms with E-state index in [-0.39, 0.29) is 12.1 Å². The smallest absolute Gasteiger partial charge is 0.319 e. The van der Waals surface area contributed by atoms with Crippen LogP contribution in [0.25, 0.3) is 0 Å². The summed E-state index contributed by atoms with van der Waals surface area (Å²) in [5, 5.41) is 10.8. The second-order valence-corrected chi connectivity index (χ2v) is 8.99. The molecular weight excluding hydrogens is 710 g/mol. The molecule has 0 aliphatic heterocycles.